The van der Waals surface area contributed by atoms with Gasteiger partial charge in [-0.2, -0.15) is 0 Å². The molecule has 0 bridgehead atoms. The minimum Gasteiger partial charge on any atom is -0.496 e. The van der Waals surface area contributed by atoms with Crippen molar-refractivity contribution in [1.29, 1.82) is 0 Å². The van der Waals surface area contributed by atoms with E-state index in [0.29, 0.717) is 0 Å². The van der Waals surface area contributed by atoms with Gasteiger partial charge in [-0.3, -0.25) is 4.90 Å². The Kier molecular flexibility index (Phi) is 5.67. The molecule has 0 heterocycles. The van der Waals surface area contributed by atoms with E-state index >= 15 is 0 Å². The fraction of sp³-hybridized carbons (Fsp3) is 0.600. The van der Waals surface area contributed by atoms with Crippen LogP contribution in [0.15, 0.2) is 18.2 Å². The number of benzene rings is 1. The molecule has 0 aromatic heterocycles. The molecule has 0 aliphatic rings. The summed E-state index contributed by atoms with van der Waals surface area (Å²) in [6, 6.07) is 6.53. The van der Waals surface area contributed by atoms with Crippen molar-refractivity contribution in [3.8, 4) is 5.75 Å². The number of alkyl halides is 1. The summed E-state index contributed by atoms with van der Waals surface area (Å²) in [5.41, 5.74) is 3.73. The molecular weight excluding hydrogens is 290 g/mol. The minimum absolute atomic E-state index is 0.183. The second-order valence-corrected chi connectivity index (χ2v) is 6.23. The molecule has 18 heavy (non-hydrogen) atoms. The van der Waals surface area contributed by atoms with Crippen molar-refractivity contribution in [3.05, 3.63) is 29.3 Å². The normalized spacial score (nSPS) is 11.9. The molecule has 0 spiro atoms. The highest BCUT2D eigenvalue weighted by Crippen LogP contribution is 2.28. The maximum atomic E-state index is 5.45. The van der Waals surface area contributed by atoms with Gasteiger partial charge >= 0.3 is 0 Å². The second kappa shape index (κ2) is 6.58. The number of likely N-dealkylation sites (N-methyl/N-ethyl adjacent to an activating group) is 1. The molecule has 0 amide bonds. The van der Waals surface area contributed by atoms with Crippen LogP contribution in [0.2, 0.25) is 0 Å². The highest BCUT2D eigenvalue weighted by Gasteiger charge is 2.15. The standard InChI is InChI=1S/C15H24BrNO/c1-15(2,3)13-6-7-14(18-5)12(10-13)8-9-17(4)11-16/h6-7,10H,8-9,11H2,1-5H3. The molecular formula is C15H24BrNO. The van der Waals surface area contributed by atoms with Gasteiger partial charge in [0.25, 0.3) is 0 Å². The van der Waals surface area contributed by atoms with Crippen molar-refractivity contribution in [3.63, 3.8) is 0 Å². The van der Waals surface area contributed by atoms with Crippen molar-refractivity contribution in [2.45, 2.75) is 32.6 Å². The summed E-state index contributed by atoms with van der Waals surface area (Å²) in [6.07, 6.45) is 1.01. The molecule has 0 radical (unpaired) electrons. The van der Waals surface area contributed by atoms with E-state index in [4.69, 9.17) is 4.74 Å². The van der Waals surface area contributed by atoms with Crippen LogP contribution in [0.25, 0.3) is 0 Å². The van der Waals surface area contributed by atoms with E-state index in [1.807, 2.05) is 0 Å². The molecule has 1 rings (SSSR count). The van der Waals surface area contributed by atoms with Gasteiger partial charge in [0, 0.05) is 6.54 Å². The Morgan fingerprint density at radius 3 is 2.44 bits per heavy atom. The fourth-order valence-corrected chi connectivity index (χ4v) is 2.06. The lowest BCUT2D eigenvalue weighted by Gasteiger charge is -2.22. The quantitative estimate of drug-likeness (QED) is 0.605. The van der Waals surface area contributed by atoms with Gasteiger partial charge < -0.3 is 4.74 Å². The Morgan fingerprint density at radius 2 is 1.94 bits per heavy atom. The first-order valence-electron chi connectivity index (χ1n) is 6.30. The zero-order valence-electron chi connectivity index (χ0n) is 12.1. The molecule has 1 aromatic carbocycles. The summed E-state index contributed by atoms with van der Waals surface area (Å²) in [7, 11) is 3.85. The number of methoxy groups -OCH3 is 1. The minimum atomic E-state index is 0.183. The first-order valence-corrected chi connectivity index (χ1v) is 7.42. The Labute approximate surface area is 119 Å². The predicted octanol–water partition coefficient (Wildman–Crippen LogP) is 3.82. The molecule has 0 saturated carbocycles. The van der Waals surface area contributed by atoms with Gasteiger partial charge in [0.1, 0.15) is 5.75 Å². The Balaban J connectivity index is 2.92. The van der Waals surface area contributed by atoms with Gasteiger partial charge in [-0.15, -0.1) is 0 Å². The summed E-state index contributed by atoms with van der Waals surface area (Å²) in [5.74, 6) is 0.992. The average Bonchev–Trinajstić information content (AvgIpc) is 2.34. The maximum absolute atomic E-state index is 5.45. The van der Waals surface area contributed by atoms with Gasteiger partial charge in [0.05, 0.1) is 12.6 Å². The van der Waals surface area contributed by atoms with E-state index < -0.39 is 0 Å². The van der Waals surface area contributed by atoms with Crippen LogP contribution >= 0.6 is 15.9 Å². The van der Waals surface area contributed by atoms with Gasteiger partial charge in [-0.1, -0.05) is 48.8 Å². The lowest BCUT2D eigenvalue weighted by Crippen LogP contribution is -2.19. The number of hydrogen-bond acceptors (Lipinski definition) is 2. The van der Waals surface area contributed by atoms with E-state index in [0.717, 1.165) is 24.2 Å². The van der Waals surface area contributed by atoms with Crippen LogP contribution in [0.3, 0.4) is 0 Å². The molecule has 0 N–H and O–H groups in total. The molecule has 0 unspecified atom stereocenters. The smallest absolute Gasteiger partial charge is 0.122 e. The maximum Gasteiger partial charge on any atom is 0.122 e. The molecule has 3 heteroatoms. The SMILES string of the molecule is COc1ccc(C(C)(C)C)cc1CCN(C)CBr. The summed E-state index contributed by atoms with van der Waals surface area (Å²) < 4.78 is 5.45. The van der Waals surface area contributed by atoms with Crippen LogP contribution in [0.5, 0.6) is 5.75 Å². The third-order valence-electron chi connectivity index (χ3n) is 3.11. The van der Waals surface area contributed by atoms with E-state index in [1.165, 1.54) is 11.1 Å². The van der Waals surface area contributed by atoms with Gasteiger partial charge in [-0.05, 0) is 36.1 Å². The van der Waals surface area contributed by atoms with E-state index in [2.05, 4.69) is 66.8 Å². The van der Waals surface area contributed by atoms with Crippen LogP contribution in [0.4, 0.5) is 0 Å². The number of halogens is 1. The zero-order valence-corrected chi connectivity index (χ0v) is 13.7. The third kappa shape index (κ3) is 4.29. The van der Waals surface area contributed by atoms with Crippen molar-refractivity contribution >= 4 is 15.9 Å². The number of hydrogen-bond donors (Lipinski definition) is 0. The number of rotatable bonds is 5. The highest BCUT2D eigenvalue weighted by molar-refractivity contribution is 9.09. The summed E-state index contributed by atoms with van der Waals surface area (Å²) >= 11 is 3.46. The second-order valence-electron chi connectivity index (χ2n) is 5.73. The van der Waals surface area contributed by atoms with Gasteiger partial charge in [-0.25, -0.2) is 0 Å². The lowest BCUT2D eigenvalue weighted by atomic mass is 9.85. The van der Waals surface area contributed by atoms with E-state index in [9.17, 15) is 0 Å². The van der Waals surface area contributed by atoms with Crippen LogP contribution in [0, 0.1) is 0 Å². The first kappa shape index (κ1) is 15.5. The number of ether oxygens (including phenoxy) is 1. The monoisotopic (exact) mass is 313 g/mol. The van der Waals surface area contributed by atoms with Crippen LogP contribution in [-0.4, -0.2) is 31.1 Å². The van der Waals surface area contributed by atoms with Crippen molar-refractivity contribution in [2.75, 3.05) is 26.2 Å². The zero-order chi connectivity index (χ0) is 13.8. The first-order chi connectivity index (χ1) is 8.38. The molecule has 0 aliphatic heterocycles. The Hall–Kier alpha value is -0.540. The summed E-state index contributed by atoms with van der Waals surface area (Å²) in [4.78, 5) is 2.24. The Morgan fingerprint density at radius 1 is 1.28 bits per heavy atom. The van der Waals surface area contributed by atoms with E-state index in [-0.39, 0.29) is 5.41 Å². The van der Waals surface area contributed by atoms with Crippen molar-refractivity contribution < 1.29 is 4.74 Å². The molecule has 102 valence electrons. The largest absolute Gasteiger partial charge is 0.496 e. The highest BCUT2D eigenvalue weighted by atomic mass is 79.9. The molecule has 0 atom stereocenters. The molecule has 0 fully saturated rings. The molecule has 0 aliphatic carbocycles. The molecule has 2 nitrogen and oxygen atoms in total. The van der Waals surface area contributed by atoms with E-state index in [1.54, 1.807) is 7.11 Å². The lowest BCUT2D eigenvalue weighted by molar-refractivity contribution is 0.385. The number of nitrogens with zero attached hydrogens (tertiary/aromatic N) is 1. The van der Waals surface area contributed by atoms with Crippen LogP contribution in [-0.2, 0) is 11.8 Å². The van der Waals surface area contributed by atoms with Crippen molar-refractivity contribution in [2.24, 2.45) is 0 Å². The molecule has 0 saturated heterocycles. The summed E-state index contributed by atoms with van der Waals surface area (Å²) in [6.45, 7) is 7.74. The van der Waals surface area contributed by atoms with Crippen LogP contribution < -0.4 is 4.74 Å². The predicted molar refractivity (Wildman–Crippen MR) is 81.8 cm³/mol. The molecule has 1 aromatic rings. The van der Waals surface area contributed by atoms with Crippen LogP contribution in [0.1, 0.15) is 31.9 Å². The van der Waals surface area contributed by atoms with Gasteiger partial charge in [0.15, 0.2) is 0 Å². The topological polar surface area (TPSA) is 12.5 Å². The Bertz CT molecular complexity index is 385. The third-order valence-corrected chi connectivity index (χ3v) is 3.97. The fourth-order valence-electron chi connectivity index (χ4n) is 1.81. The van der Waals surface area contributed by atoms with Crippen molar-refractivity contribution in [1.82, 2.24) is 4.90 Å². The average molecular weight is 314 g/mol. The summed E-state index contributed by atoms with van der Waals surface area (Å²) in [5, 5.41) is 0. The van der Waals surface area contributed by atoms with Gasteiger partial charge in [0.2, 0.25) is 0 Å².